The van der Waals surface area contributed by atoms with E-state index < -0.39 is 16.6 Å². The Balaban J connectivity index is 2.61. The Kier molecular flexibility index (Phi) is 4.81. The molecular formula is C14H24O2Si2. The van der Waals surface area contributed by atoms with Crippen LogP contribution in [0.3, 0.4) is 0 Å². The minimum Gasteiger partial charge on any atom is -0.550 e. The third-order valence-corrected chi connectivity index (χ3v) is 3.68. The lowest BCUT2D eigenvalue weighted by atomic mass is 10.2. The second-order valence-corrected chi connectivity index (χ2v) is 15.2. The smallest absolute Gasteiger partial charge is 0.242 e. The molecule has 1 aromatic rings. The fourth-order valence-electron chi connectivity index (χ4n) is 1.32. The van der Waals surface area contributed by atoms with Crippen molar-refractivity contribution in [2.45, 2.75) is 39.3 Å². The van der Waals surface area contributed by atoms with Gasteiger partial charge in [0.2, 0.25) is 16.6 Å². The van der Waals surface area contributed by atoms with Gasteiger partial charge >= 0.3 is 0 Å². The second kappa shape index (κ2) is 5.76. The molecule has 0 saturated carbocycles. The van der Waals surface area contributed by atoms with Crippen LogP contribution in [0.1, 0.15) is 5.56 Å². The van der Waals surface area contributed by atoms with Crippen LogP contribution >= 0.6 is 0 Å². The van der Waals surface area contributed by atoms with Gasteiger partial charge in [-0.15, -0.1) is 0 Å². The molecule has 0 aliphatic carbocycles. The van der Waals surface area contributed by atoms with E-state index in [4.69, 9.17) is 8.85 Å². The van der Waals surface area contributed by atoms with E-state index in [1.165, 1.54) is 0 Å². The second-order valence-electron chi connectivity index (χ2n) is 6.32. The van der Waals surface area contributed by atoms with E-state index >= 15 is 0 Å². The maximum absolute atomic E-state index is 5.91. The van der Waals surface area contributed by atoms with Crippen LogP contribution < -0.4 is 4.43 Å². The van der Waals surface area contributed by atoms with Gasteiger partial charge in [-0.25, -0.2) is 0 Å². The van der Waals surface area contributed by atoms with Crippen molar-refractivity contribution in [3.63, 3.8) is 0 Å². The molecule has 0 atom stereocenters. The Hall–Kier alpha value is -1.01. The summed E-state index contributed by atoms with van der Waals surface area (Å²) in [4.78, 5) is 0. The molecule has 1 aromatic carbocycles. The van der Waals surface area contributed by atoms with Crippen LogP contribution in [0.5, 0.6) is 5.75 Å². The summed E-state index contributed by atoms with van der Waals surface area (Å²) in [5.74, 6) is 0.956. The summed E-state index contributed by atoms with van der Waals surface area (Å²) in [6.07, 6.45) is 3.80. The van der Waals surface area contributed by atoms with Gasteiger partial charge in [0.05, 0.1) is 6.26 Å². The molecule has 0 fully saturated rings. The molecule has 1 rings (SSSR count). The summed E-state index contributed by atoms with van der Waals surface area (Å²) in [6.45, 7) is 13.1. The Bertz CT molecular complexity index is 397. The van der Waals surface area contributed by atoms with Crippen LogP contribution in [-0.2, 0) is 4.43 Å². The lowest BCUT2D eigenvalue weighted by Crippen LogP contribution is -2.29. The van der Waals surface area contributed by atoms with Crippen molar-refractivity contribution in [1.29, 1.82) is 0 Å². The Labute approximate surface area is 113 Å². The molecule has 4 heteroatoms. The lowest BCUT2D eigenvalue weighted by molar-refractivity contribution is 0.483. The van der Waals surface area contributed by atoms with Crippen LogP contribution in [0.15, 0.2) is 30.5 Å². The Morgan fingerprint density at radius 3 is 1.83 bits per heavy atom. The van der Waals surface area contributed by atoms with Crippen LogP contribution in [0.4, 0.5) is 0 Å². The predicted octanol–water partition coefficient (Wildman–Crippen LogP) is 4.72. The van der Waals surface area contributed by atoms with Gasteiger partial charge < -0.3 is 8.85 Å². The van der Waals surface area contributed by atoms with Gasteiger partial charge in [0, 0.05) is 0 Å². The standard InChI is InChI=1S/C14H24O2Si2/c1-17(2,3)15-12-11-13-7-9-14(10-8-13)16-18(4,5)6/h7-12H,1-6H3/b12-11+. The summed E-state index contributed by atoms with van der Waals surface area (Å²) >= 11 is 0. The van der Waals surface area contributed by atoms with Crippen molar-refractivity contribution < 1.29 is 8.85 Å². The Morgan fingerprint density at radius 1 is 0.833 bits per heavy atom. The first-order valence-corrected chi connectivity index (χ1v) is 13.1. The van der Waals surface area contributed by atoms with Crippen molar-refractivity contribution in [3.05, 3.63) is 36.1 Å². The van der Waals surface area contributed by atoms with Crippen molar-refractivity contribution in [2.75, 3.05) is 0 Å². The molecule has 0 aromatic heterocycles. The third-order valence-electron chi connectivity index (χ3n) is 1.99. The van der Waals surface area contributed by atoms with Crippen LogP contribution in [0.2, 0.25) is 39.3 Å². The molecule has 0 saturated heterocycles. The molecule has 0 bridgehead atoms. The zero-order valence-electron chi connectivity index (χ0n) is 12.3. The zero-order valence-corrected chi connectivity index (χ0v) is 14.3. The zero-order chi connectivity index (χ0) is 13.8. The van der Waals surface area contributed by atoms with Crippen molar-refractivity contribution in [3.8, 4) is 5.75 Å². The molecule has 2 nitrogen and oxygen atoms in total. The molecule has 0 aliphatic heterocycles. The summed E-state index contributed by atoms with van der Waals surface area (Å²) in [6, 6.07) is 8.15. The number of hydrogen-bond donors (Lipinski definition) is 0. The fraction of sp³-hybridized carbons (Fsp3) is 0.429. The Morgan fingerprint density at radius 2 is 1.39 bits per heavy atom. The molecule has 0 heterocycles. The number of rotatable bonds is 5. The average molecular weight is 281 g/mol. The van der Waals surface area contributed by atoms with Gasteiger partial charge in [-0.1, -0.05) is 12.1 Å². The topological polar surface area (TPSA) is 18.5 Å². The van der Waals surface area contributed by atoms with Gasteiger partial charge in [-0.2, -0.15) is 0 Å². The highest BCUT2D eigenvalue weighted by Gasteiger charge is 2.15. The predicted molar refractivity (Wildman–Crippen MR) is 83.9 cm³/mol. The molecule has 0 aliphatic rings. The minimum atomic E-state index is -1.50. The maximum atomic E-state index is 5.91. The maximum Gasteiger partial charge on any atom is 0.242 e. The van der Waals surface area contributed by atoms with Crippen molar-refractivity contribution in [1.82, 2.24) is 0 Å². The highest BCUT2D eigenvalue weighted by atomic mass is 28.4. The molecule has 18 heavy (non-hydrogen) atoms. The van der Waals surface area contributed by atoms with E-state index in [-0.39, 0.29) is 0 Å². The van der Waals surface area contributed by atoms with Crippen molar-refractivity contribution in [2.24, 2.45) is 0 Å². The monoisotopic (exact) mass is 280 g/mol. The van der Waals surface area contributed by atoms with Crippen LogP contribution in [0.25, 0.3) is 6.08 Å². The van der Waals surface area contributed by atoms with Gasteiger partial charge in [-0.3, -0.25) is 0 Å². The average Bonchev–Trinajstić information content (AvgIpc) is 2.16. The molecule has 0 spiro atoms. The number of benzene rings is 1. The summed E-state index contributed by atoms with van der Waals surface area (Å²) in [7, 11) is -2.96. The van der Waals surface area contributed by atoms with E-state index in [1.807, 2.05) is 18.2 Å². The van der Waals surface area contributed by atoms with E-state index in [0.29, 0.717) is 0 Å². The van der Waals surface area contributed by atoms with E-state index in [0.717, 1.165) is 11.3 Å². The highest BCUT2D eigenvalue weighted by molar-refractivity contribution is 6.70. The van der Waals surface area contributed by atoms with Gasteiger partial charge in [-0.05, 0) is 63.1 Å². The van der Waals surface area contributed by atoms with Crippen LogP contribution in [0, 0.1) is 0 Å². The van der Waals surface area contributed by atoms with Gasteiger partial charge in [0.1, 0.15) is 5.75 Å². The number of hydrogen-bond acceptors (Lipinski definition) is 2. The molecule has 0 unspecified atom stereocenters. The molecule has 0 radical (unpaired) electrons. The molecular weight excluding hydrogens is 256 g/mol. The first kappa shape index (κ1) is 15.1. The quantitative estimate of drug-likeness (QED) is 0.574. The fourth-order valence-corrected chi connectivity index (χ4v) is 2.64. The van der Waals surface area contributed by atoms with E-state index in [2.05, 4.69) is 51.4 Å². The summed E-state index contributed by atoms with van der Waals surface area (Å²) in [5.41, 5.74) is 1.14. The van der Waals surface area contributed by atoms with Gasteiger partial charge in [0.15, 0.2) is 0 Å². The molecule has 0 N–H and O–H groups in total. The minimum absolute atomic E-state index is 0.956. The molecule has 0 amide bonds. The summed E-state index contributed by atoms with van der Waals surface area (Å²) < 4.78 is 11.6. The first-order valence-electron chi connectivity index (χ1n) is 6.29. The normalized spacial score (nSPS) is 12.8. The summed E-state index contributed by atoms with van der Waals surface area (Å²) in [5, 5.41) is 0. The van der Waals surface area contributed by atoms with E-state index in [9.17, 15) is 0 Å². The SMILES string of the molecule is C[Si](C)(C)O/C=C/c1ccc(O[Si](C)(C)C)cc1. The van der Waals surface area contributed by atoms with Gasteiger partial charge in [0.25, 0.3) is 0 Å². The largest absolute Gasteiger partial charge is 0.550 e. The van der Waals surface area contributed by atoms with Crippen LogP contribution in [-0.4, -0.2) is 16.6 Å². The van der Waals surface area contributed by atoms with E-state index in [1.54, 1.807) is 6.26 Å². The van der Waals surface area contributed by atoms with Crippen molar-refractivity contribution >= 4 is 22.7 Å². The highest BCUT2D eigenvalue weighted by Crippen LogP contribution is 2.17. The first-order chi connectivity index (χ1) is 8.16. The molecule has 100 valence electrons. The third kappa shape index (κ3) is 6.66. The lowest BCUT2D eigenvalue weighted by Gasteiger charge is -2.19.